The lowest BCUT2D eigenvalue weighted by atomic mass is 9.96. The van der Waals surface area contributed by atoms with Crippen molar-refractivity contribution < 1.29 is 14.3 Å². The van der Waals surface area contributed by atoms with Crippen LogP contribution in [0.25, 0.3) is 11.3 Å². The molecule has 4 rings (SSSR count). The molecule has 0 aliphatic carbocycles. The second-order valence-corrected chi connectivity index (χ2v) is 7.21. The van der Waals surface area contributed by atoms with Crippen LogP contribution >= 0.6 is 0 Å². The molecule has 154 valence electrons. The minimum atomic E-state index is -0.267. The van der Waals surface area contributed by atoms with Gasteiger partial charge in [-0.15, -0.1) is 0 Å². The first kappa shape index (κ1) is 19.6. The average Bonchev–Trinajstić information content (AvgIpc) is 3.30. The third-order valence-electron chi connectivity index (χ3n) is 5.20. The molecule has 0 unspecified atom stereocenters. The molecule has 1 saturated heterocycles. The zero-order valence-electron chi connectivity index (χ0n) is 16.7. The molecule has 0 spiro atoms. The van der Waals surface area contributed by atoms with Crippen LogP contribution in [-0.2, 0) is 4.79 Å². The van der Waals surface area contributed by atoms with Gasteiger partial charge in [0.2, 0.25) is 5.91 Å². The number of nitrogens with zero attached hydrogens (tertiary/aromatic N) is 3. The first-order valence-electron chi connectivity index (χ1n) is 9.84. The summed E-state index contributed by atoms with van der Waals surface area (Å²) in [5, 5.41) is 9.99. The molecule has 2 amide bonds. The van der Waals surface area contributed by atoms with Crippen LogP contribution < -0.4 is 10.1 Å². The molecule has 3 aromatic rings. The van der Waals surface area contributed by atoms with Gasteiger partial charge in [-0.25, -0.2) is 0 Å². The Balaban J connectivity index is 1.41. The number of aromatic nitrogens is 3. The van der Waals surface area contributed by atoms with E-state index in [4.69, 9.17) is 4.74 Å². The summed E-state index contributed by atoms with van der Waals surface area (Å²) in [5.41, 5.74) is 2.66. The molecule has 1 aliphatic heterocycles. The highest BCUT2D eigenvalue weighted by Crippen LogP contribution is 2.23. The number of amides is 2. The van der Waals surface area contributed by atoms with Gasteiger partial charge in [0.15, 0.2) is 0 Å². The molecule has 0 saturated carbocycles. The predicted octanol–water partition coefficient (Wildman–Crippen LogP) is 2.97. The van der Waals surface area contributed by atoms with E-state index in [0.717, 1.165) is 18.4 Å². The van der Waals surface area contributed by atoms with Crippen LogP contribution in [-0.4, -0.2) is 52.1 Å². The summed E-state index contributed by atoms with van der Waals surface area (Å²) in [6.07, 6.45) is 4.88. The summed E-state index contributed by atoms with van der Waals surface area (Å²) in [7, 11) is 1.58. The summed E-state index contributed by atoms with van der Waals surface area (Å²) in [6, 6.07) is 12.6. The highest BCUT2D eigenvalue weighted by molar-refractivity contribution is 5.96. The van der Waals surface area contributed by atoms with Gasteiger partial charge in [-0.1, -0.05) is 6.07 Å². The van der Waals surface area contributed by atoms with E-state index in [0.29, 0.717) is 35.9 Å². The molecule has 1 aromatic carbocycles. The number of aromatic amines is 1. The number of benzene rings is 1. The van der Waals surface area contributed by atoms with Crippen molar-refractivity contribution in [3.63, 3.8) is 0 Å². The zero-order valence-corrected chi connectivity index (χ0v) is 16.7. The number of nitrogens with one attached hydrogen (secondary N) is 2. The minimum absolute atomic E-state index is 0.0946. The van der Waals surface area contributed by atoms with Crippen molar-refractivity contribution in [1.82, 2.24) is 20.1 Å². The van der Waals surface area contributed by atoms with Crippen molar-refractivity contribution in [2.45, 2.75) is 12.8 Å². The van der Waals surface area contributed by atoms with Crippen LogP contribution in [0.5, 0.6) is 5.75 Å². The van der Waals surface area contributed by atoms with Gasteiger partial charge in [0.05, 0.1) is 18.7 Å². The number of carbonyl (C=O) groups is 2. The smallest absolute Gasteiger partial charge is 0.271 e. The number of carbonyl (C=O) groups excluding carboxylic acids is 2. The Labute approximate surface area is 174 Å². The van der Waals surface area contributed by atoms with E-state index in [1.54, 1.807) is 36.5 Å². The third-order valence-corrected chi connectivity index (χ3v) is 5.20. The van der Waals surface area contributed by atoms with E-state index in [9.17, 15) is 9.59 Å². The summed E-state index contributed by atoms with van der Waals surface area (Å²) in [4.78, 5) is 31.4. The Morgan fingerprint density at radius 1 is 1.20 bits per heavy atom. The first-order valence-corrected chi connectivity index (χ1v) is 9.84. The van der Waals surface area contributed by atoms with Gasteiger partial charge in [0, 0.05) is 42.8 Å². The van der Waals surface area contributed by atoms with Crippen molar-refractivity contribution in [1.29, 1.82) is 0 Å². The Hall–Kier alpha value is -3.68. The normalized spacial score (nSPS) is 16.2. The molecule has 30 heavy (non-hydrogen) atoms. The second kappa shape index (κ2) is 8.77. The Morgan fingerprint density at radius 3 is 2.83 bits per heavy atom. The second-order valence-electron chi connectivity index (χ2n) is 7.21. The molecule has 1 fully saturated rings. The minimum Gasteiger partial charge on any atom is -0.497 e. The van der Waals surface area contributed by atoms with Crippen molar-refractivity contribution in [2.75, 3.05) is 25.5 Å². The van der Waals surface area contributed by atoms with Crippen LogP contribution in [0.2, 0.25) is 0 Å². The fourth-order valence-corrected chi connectivity index (χ4v) is 3.59. The van der Waals surface area contributed by atoms with Crippen LogP contribution in [0.4, 0.5) is 5.69 Å². The van der Waals surface area contributed by atoms with Crippen molar-refractivity contribution >= 4 is 17.5 Å². The van der Waals surface area contributed by atoms with Crippen LogP contribution in [0, 0.1) is 5.92 Å². The van der Waals surface area contributed by atoms with Crippen molar-refractivity contribution in [2.24, 2.45) is 5.92 Å². The standard InChI is InChI=1S/C22H23N5O3/c1-30-18-6-2-5-17(12-18)24-21(28)16-4-3-11-27(14-16)22(29)20-13-19(25-26-20)15-7-9-23-10-8-15/h2,5-10,12-13,16H,3-4,11,14H2,1H3,(H,24,28)(H,25,26)/t16-/m0/s1. The van der Waals surface area contributed by atoms with Crippen LogP contribution in [0.1, 0.15) is 23.3 Å². The van der Waals surface area contributed by atoms with E-state index in [2.05, 4.69) is 20.5 Å². The van der Waals surface area contributed by atoms with Gasteiger partial charge < -0.3 is 15.0 Å². The first-order chi connectivity index (χ1) is 14.6. The number of likely N-dealkylation sites (tertiary alicyclic amines) is 1. The van der Waals surface area contributed by atoms with Gasteiger partial charge >= 0.3 is 0 Å². The van der Waals surface area contributed by atoms with Crippen LogP contribution in [0.15, 0.2) is 54.9 Å². The molecule has 1 aliphatic rings. The van der Waals surface area contributed by atoms with Gasteiger partial charge in [0.25, 0.3) is 5.91 Å². The Kier molecular flexibility index (Phi) is 5.74. The molecule has 0 bridgehead atoms. The molecular formula is C22H23N5O3. The van der Waals surface area contributed by atoms with Gasteiger partial charge in [-0.2, -0.15) is 5.10 Å². The maximum atomic E-state index is 12.9. The molecule has 8 nitrogen and oxygen atoms in total. The van der Waals surface area contributed by atoms with Gasteiger partial charge in [-0.3, -0.25) is 19.7 Å². The Morgan fingerprint density at radius 2 is 2.03 bits per heavy atom. The molecule has 1 atom stereocenters. The lowest BCUT2D eigenvalue weighted by Crippen LogP contribution is -2.43. The quantitative estimate of drug-likeness (QED) is 0.680. The monoisotopic (exact) mass is 405 g/mol. The van der Waals surface area contributed by atoms with Crippen LogP contribution in [0.3, 0.4) is 0 Å². The van der Waals surface area contributed by atoms with Gasteiger partial charge in [-0.05, 0) is 43.2 Å². The molecule has 8 heteroatoms. The largest absolute Gasteiger partial charge is 0.497 e. The number of hydrogen-bond donors (Lipinski definition) is 2. The lowest BCUT2D eigenvalue weighted by molar-refractivity contribution is -0.121. The molecule has 2 N–H and O–H groups in total. The topological polar surface area (TPSA) is 100 Å². The number of methoxy groups -OCH3 is 1. The van der Waals surface area contributed by atoms with E-state index in [1.807, 2.05) is 30.3 Å². The molecular weight excluding hydrogens is 382 g/mol. The van der Waals surface area contributed by atoms with E-state index < -0.39 is 0 Å². The number of pyridine rings is 1. The summed E-state index contributed by atoms with van der Waals surface area (Å²) >= 11 is 0. The zero-order chi connectivity index (χ0) is 20.9. The predicted molar refractivity (Wildman–Crippen MR) is 112 cm³/mol. The number of piperidine rings is 1. The number of hydrogen-bond acceptors (Lipinski definition) is 5. The maximum Gasteiger partial charge on any atom is 0.271 e. The maximum absolute atomic E-state index is 12.9. The fourth-order valence-electron chi connectivity index (χ4n) is 3.59. The number of H-pyrrole nitrogens is 1. The molecule has 3 heterocycles. The van der Waals surface area contributed by atoms with Crippen molar-refractivity contribution in [3.8, 4) is 17.0 Å². The highest BCUT2D eigenvalue weighted by Gasteiger charge is 2.29. The molecule has 0 radical (unpaired) electrons. The average molecular weight is 405 g/mol. The summed E-state index contributed by atoms with van der Waals surface area (Å²) in [6.45, 7) is 0.990. The third kappa shape index (κ3) is 4.32. The SMILES string of the molecule is COc1cccc(NC(=O)[C@H]2CCCN(C(=O)c3cc(-c4ccncc4)n[nH]3)C2)c1. The lowest BCUT2D eigenvalue weighted by Gasteiger charge is -2.31. The number of rotatable bonds is 5. The Bertz CT molecular complexity index is 1030. The van der Waals surface area contributed by atoms with Crippen molar-refractivity contribution in [3.05, 3.63) is 60.6 Å². The fraction of sp³-hybridized carbons (Fsp3) is 0.273. The summed E-state index contributed by atoms with van der Waals surface area (Å²) in [5.74, 6) is 0.165. The van der Waals surface area contributed by atoms with E-state index in [-0.39, 0.29) is 17.7 Å². The molecule has 2 aromatic heterocycles. The highest BCUT2D eigenvalue weighted by atomic mass is 16.5. The van der Waals surface area contributed by atoms with Gasteiger partial charge in [0.1, 0.15) is 11.4 Å². The summed E-state index contributed by atoms with van der Waals surface area (Å²) < 4.78 is 5.20. The number of anilines is 1. The van der Waals surface area contributed by atoms with E-state index in [1.165, 1.54) is 0 Å². The number of ether oxygens (including phenoxy) is 1. The van der Waals surface area contributed by atoms with E-state index >= 15 is 0 Å².